The van der Waals surface area contributed by atoms with E-state index in [9.17, 15) is 19.5 Å². The molecule has 5 rings (SSSR count). The molecule has 0 bridgehead atoms. The van der Waals surface area contributed by atoms with Gasteiger partial charge in [0, 0.05) is 47.5 Å². The van der Waals surface area contributed by atoms with Crippen LogP contribution < -0.4 is 5.63 Å². The molecular formula is C27H25NO6. The molecule has 1 saturated heterocycles. The summed E-state index contributed by atoms with van der Waals surface area (Å²) in [6.07, 6.45) is 3.33. The van der Waals surface area contributed by atoms with Gasteiger partial charge < -0.3 is 18.8 Å². The van der Waals surface area contributed by atoms with Gasteiger partial charge in [-0.3, -0.25) is 9.59 Å². The number of hydrogen-bond donors (Lipinski definition) is 1. The number of likely N-dealkylation sites (tertiary alicyclic amines) is 1. The van der Waals surface area contributed by atoms with Crippen molar-refractivity contribution < 1.29 is 23.5 Å². The number of carboxylic acids is 1. The zero-order valence-electron chi connectivity index (χ0n) is 18.9. The van der Waals surface area contributed by atoms with Gasteiger partial charge in [0.25, 0.3) is 0 Å². The Kier molecular flexibility index (Phi) is 5.69. The summed E-state index contributed by atoms with van der Waals surface area (Å²) >= 11 is 0. The Labute approximate surface area is 195 Å². The van der Waals surface area contributed by atoms with Gasteiger partial charge in [0.1, 0.15) is 11.2 Å². The van der Waals surface area contributed by atoms with E-state index in [2.05, 4.69) is 0 Å². The first-order valence-electron chi connectivity index (χ1n) is 11.5. The molecule has 0 radical (unpaired) electrons. The predicted molar refractivity (Wildman–Crippen MR) is 128 cm³/mol. The van der Waals surface area contributed by atoms with Crippen LogP contribution in [0.3, 0.4) is 0 Å². The number of hydrogen-bond acceptors (Lipinski definition) is 5. The Balaban J connectivity index is 1.45. The van der Waals surface area contributed by atoms with Crippen LogP contribution in [0, 0.1) is 12.8 Å². The standard InChI is InChI=1S/C27H25NO6/c1-16-19(9-10-25(29)28-11-5-8-18(14-28)26(30)31)27(32)34-24-13-23-21(12-20(16)24)22(15-33-23)17-6-3-2-4-7-17/h2-4,6-7,12-13,15,18H,5,8-11,14H2,1H3,(H,30,31)/t18-/m0/s1. The number of aliphatic carboxylic acids is 1. The van der Waals surface area contributed by atoms with Crippen LogP contribution in [0.4, 0.5) is 0 Å². The number of piperidine rings is 1. The number of fused-ring (bicyclic) bond motifs is 2. The van der Waals surface area contributed by atoms with Gasteiger partial charge in [-0.25, -0.2) is 4.79 Å². The summed E-state index contributed by atoms with van der Waals surface area (Å²) < 4.78 is 11.3. The van der Waals surface area contributed by atoms with Crippen LogP contribution in [0.1, 0.15) is 30.4 Å². The molecule has 1 aliphatic heterocycles. The third kappa shape index (κ3) is 3.98. The van der Waals surface area contributed by atoms with Gasteiger partial charge in [0.2, 0.25) is 5.91 Å². The normalized spacial score (nSPS) is 16.3. The highest BCUT2D eigenvalue weighted by Gasteiger charge is 2.28. The fraction of sp³-hybridized carbons (Fsp3) is 0.296. The van der Waals surface area contributed by atoms with E-state index in [-0.39, 0.29) is 25.3 Å². The molecule has 4 aromatic rings. The van der Waals surface area contributed by atoms with E-state index in [4.69, 9.17) is 8.83 Å². The lowest BCUT2D eigenvalue weighted by Gasteiger charge is -2.30. The van der Waals surface area contributed by atoms with Crippen molar-refractivity contribution in [2.45, 2.75) is 32.6 Å². The number of amides is 1. The minimum absolute atomic E-state index is 0.132. The lowest BCUT2D eigenvalue weighted by atomic mass is 9.97. The molecule has 2 aromatic carbocycles. The lowest BCUT2D eigenvalue weighted by Crippen LogP contribution is -2.42. The number of carboxylic acid groups (broad SMARTS) is 1. The number of carbonyl (C=O) groups excluding carboxylic acids is 1. The molecular weight excluding hydrogens is 434 g/mol. The molecule has 34 heavy (non-hydrogen) atoms. The maximum atomic E-state index is 12.8. The van der Waals surface area contributed by atoms with E-state index in [1.54, 1.807) is 17.2 Å². The van der Waals surface area contributed by atoms with Crippen molar-refractivity contribution in [1.29, 1.82) is 0 Å². The van der Waals surface area contributed by atoms with Gasteiger partial charge in [-0.1, -0.05) is 30.3 Å². The summed E-state index contributed by atoms with van der Waals surface area (Å²) in [7, 11) is 0. The highest BCUT2D eigenvalue weighted by molar-refractivity contribution is 6.02. The Morgan fingerprint density at radius 3 is 2.68 bits per heavy atom. The number of rotatable bonds is 5. The predicted octanol–water partition coefficient (Wildman–Crippen LogP) is 4.77. The second-order valence-electron chi connectivity index (χ2n) is 8.87. The average Bonchev–Trinajstić information content (AvgIpc) is 3.26. The maximum absolute atomic E-state index is 12.8. The van der Waals surface area contributed by atoms with Gasteiger partial charge in [-0.2, -0.15) is 0 Å². The average molecular weight is 459 g/mol. The SMILES string of the molecule is Cc1c(CCC(=O)N2CCC[C@H](C(=O)O)C2)c(=O)oc2cc3occ(-c4ccccc4)c3cc12. The molecule has 7 heteroatoms. The number of benzene rings is 2. The number of furan rings is 1. The summed E-state index contributed by atoms with van der Waals surface area (Å²) in [4.78, 5) is 38.4. The van der Waals surface area contributed by atoms with E-state index in [0.29, 0.717) is 36.1 Å². The van der Waals surface area contributed by atoms with Crippen molar-refractivity contribution in [3.05, 3.63) is 70.3 Å². The first kappa shape index (κ1) is 21.9. The molecule has 0 aliphatic carbocycles. The molecule has 1 atom stereocenters. The van der Waals surface area contributed by atoms with Gasteiger partial charge in [-0.05, 0) is 43.4 Å². The molecule has 0 unspecified atom stereocenters. The Morgan fingerprint density at radius 1 is 1.12 bits per heavy atom. The van der Waals surface area contributed by atoms with Crippen LogP contribution in [-0.2, 0) is 16.0 Å². The summed E-state index contributed by atoms with van der Waals surface area (Å²) in [6.45, 7) is 2.64. The molecule has 0 spiro atoms. The Bertz CT molecular complexity index is 1450. The van der Waals surface area contributed by atoms with Crippen molar-refractivity contribution in [3.8, 4) is 11.1 Å². The topological polar surface area (TPSA) is 101 Å². The maximum Gasteiger partial charge on any atom is 0.339 e. The highest BCUT2D eigenvalue weighted by atomic mass is 16.4. The van der Waals surface area contributed by atoms with Gasteiger partial charge >= 0.3 is 11.6 Å². The van der Waals surface area contributed by atoms with E-state index < -0.39 is 17.5 Å². The summed E-state index contributed by atoms with van der Waals surface area (Å²) in [6, 6.07) is 13.6. The van der Waals surface area contributed by atoms with E-state index >= 15 is 0 Å². The molecule has 7 nitrogen and oxygen atoms in total. The minimum atomic E-state index is -0.871. The van der Waals surface area contributed by atoms with Crippen LogP contribution in [-0.4, -0.2) is 35.0 Å². The van der Waals surface area contributed by atoms with Crippen LogP contribution in [0.25, 0.3) is 33.1 Å². The molecule has 3 heterocycles. The summed E-state index contributed by atoms with van der Waals surface area (Å²) in [5, 5.41) is 11.0. The van der Waals surface area contributed by atoms with Crippen molar-refractivity contribution in [2.24, 2.45) is 5.92 Å². The van der Waals surface area contributed by atoms with Crippen LogP contribution in [0.2, 0.25) is 0 Å². The van der Waals surface area contributed by atoms with Crippen molar-refractivity contribution in [3.63, 3.8) is 0 Å². The molecule has 1 fully saturated rings. The second-order valence-corrected chi connectivity index (χ2v) is 8.87. The van der Waals surface area contributed by atoms with Gasteiger partial charge in [-0.15, -0.1) is 0 Å². The van der Waals surface area contributed by atoms with E-state index in [1.807, 2.05) is 43.3 Å². The van der Waals surface area contributed by atoms with Crippen molar-refractivity contribution in [2.75, 3.05) is 13.1 Å². The lowest BCUT2D eigenvalue weighted by molar-refractivity contribution is -0.145. The zero-order chi connectivity index (χ0) is 23.8. The van der Waals surface area contributed by atoms with Crippen LogP contribution in [0.15, 0.2) is 62.4 Å². The van der Waals surface area contributed by atoms with E-state index in [1.165, 1.54) is 0 Å². The zero-order valence-corrected chi connectivity index (χ0v) is 18.9. The van der Waals surface area contributed by atoms with E-state index in [0.717, 1.165) is 27.5 Å². The third-order valence-corrected chi connectivity index (χ3v) is 6.78. The Hall–Kier alpha value is -3.87. The van der Waals surface area contributed by atoms with Crippen molar-refractivity contribution >= 4 is 33.8 Å². The number of carbonyl (C=O) groups is 2. The third-order valence-electron chi connectivity index (χ3n) is 6.78. The minimum Gasteiger partial charge on any atom is -0.481 e. The van der Waals surface area contributed by atoms with Gasteiger partial charge in [0.05, 0.1) is 12.2 Å². The molecule has 174 valence electrons. The number of aryl methyl sites for hydroxylation is 1. The fourth-order valence-corrected chi connectivity index (χ4v) is 4.84. The van der Waals surface area contributed by atoms with Gasteiger partial charge in [0.15, 0.2) is 0 Å². The largest absolute Gasteiger partial charge is 0.481 e. The second kappa shape index (κ2) is 8.82. The Morgan fingerprint density at radius 2 is 1.91 bits per heavy atom. The monoisotopic (exact) mass is 459 g/mol. The van der Waals surface area contributed by atoms with Crippen LogP contribution >= 0.6 is 0 Å². The molecule has 2 aromatic heterocycles. The molecule has 1 N–H and O–H groups in total. The quantitative estimate of drug-likeness (QED) is 0.432. The molecule has 1 aliphatic rings. The van der Waals surface area contributed by atoms with Crippen LogP contribution in [0.5, 0.6) is 0 Å². The fourth-order valence-electron chi connectivity index (χ4n) is 4.84. The highest BCUT2D eigenvalue weighted by Crippen LogP contribution is 2.34. The number of nitrogens with zero attached hydrogens (tertiary/aromatic N) is 1. The smallest absolute Gasteiger partial charge is 0.339 e. The summed E-state index contributed by atoms with van der Waals surface area (Å²) in [5.74, 6) is -1.54. The summed E-state index contributed by atoms with van der Waals surface area (Å²) in [5.41, 5.74) is 3.85. The van der Waals surface area contributed by atoms with Crippen molar-refractivity contribution in [1.82, 2.24) is 4.90 Å². The first-order chi connectivity index (χ1) is 16.4. The first-order valence-corrected chi connectivity index (χ1v) is 11.5. The molecule has 1 amide bonds. The molecule has 0 saturated carbocycles.